The zero-order valence-corrected chi connectivity index (χ0v) is 13.6. The lowest BCUT2D eigenvalue weighted by Gasteiger charge is -2.34. The normalized spacial score (nSPS) is 17.3. The highest BCUT2D eigenvalue weighted by atomic mass is 35.5. The maximum atomic E-state index is 12.5. The molecule has 0 saturated heterocycles. The quantitative estimate of drug-likeness (QED) is 0.864. The standard InChI is InChI=1S/C16H24ClN3O/c1-3-11-18-13-8-7-12(17)14(19-13)15(21)20-16(2)9-5-4-6-10-16/h7-8H,3-6,9-11H2,1-2H3,(H,18,19)(H,20,21). The summed E-state index contributed by atoms with van der Waals surface area (Å²) in [6, 6.07) is 3.53. The van der Waals surface area contributed by atoms with Crippen LogP contribution in [-0.2, 0) is 0 Å². The Morgan fingerprint density at radius 2 is 2.05 bits per heavy atom. The van der Waals surface area contributed by atoms with E-state index in [1.165, 1.54) is 6.42 Å². The van der Waals surface area contributed by atoms with E-state index in [9.17, 15) is 4.79 Å². The van der Waals surface area contributed by atoms with Gasteiger partial charge in [0.1, 0.15) is 11.5 Å². The highest BCUT2D eigenvalue weighted by Crippen LogP contribution is 2.28. The summed E-state index contributed by atoms with van der Waals surface area (Å²) in [5, 5.41) is 6.70. The van der Waals surface area contributed by atoms with E-state index < -0.39 is 0 Å². The third kappa shape index (κ3) is 4.34. The molecule has 2 rings (SSSR count). The molecule has 116 valence electrons. The molecule has 5 heteroatoms. The van der Waals surface area contributed by atoms with Crippen molar-refractivity contribution in [3.63, 3.8) is 0 Å². The summed E-state index contributed by atoms with van der Waals surface area (Å²) >= 11 is 6.14. The molecule has 1 aliphatic carbocycles. The van der Waals surface area contributed by atoms with E-state index in [1.807, 2.05) is 0 Å². The lowest BCUT2D eigenvalue weighted by molar-refractivity contribution is 0.0878. The van der Waals surface area contributed by atoms with Gasteiger partial charge in [0.25, 0.3) is 5.91 Å². The van der Waals surface area contributed by atoms with Gasteiger partial charge in [-0.25, -0.2) is 4.98 Å². The average molecular weight is 310 g/mol. The Kier molecular flexibility index (Phi) is 5.45. The predicted molar refractivity (Wildman–Crippen MR) is 87.0 cm³/mol. The zero-order chi connectivity index (χ0) is 15.3. The fraction of sp³-hybridized carbons (Fsp3) is 0.625. The van der Waals surface area contributed by atoms with Gasteiger partial charge in [-0.05, 0) is 38.3 Å². The second-order valence-electron chi connectivity index (χ2n) is 6.03. The molecule has 0 aliphatic heterocycles. The van der Waals surface area contributed by atoms with Gasteiger partial charge in [-0.3, -0.25) is 4.79 Å². The Bertz CT molecular complexity index is 498. The molecule has 1 aromatic heterocycles. The second-order valence-corrected chi connectivity index (χ2v) is 6.44. The van der Waals surface area contributed by atoms with Gasteiger partial charge < -0.3 is 10.6 Å². The summed E-state index contributed by atoms with van der Waals surface area (Å²) in [6.45, 7) is 5.02. The number of halogens is 1. The minimum absolute atomic E-state index is 0.132. The third-order valence-corrected chi connectivity index (χ3v) is 4.29. The van der Waals surface area contributed by atoms with Crippen molar-refractivity contribution in [2.45, 2.75) is 57.9 Å². The van der Waals surface area contributed by atoms with Crippen LogP contribution in [0, 0.1) is 0 Å². The smallest absolute Gasteiger partial charge is 0.271 e. The summed E-state index contributed by atoms with van der Waals surface area (Å²) < 4.78 is 0. The molecule has 0 radical (unpaired) electrons. The van der Waals surface area contributed by atoms with Gasteiger partial charge in [-0.2, -0.15) is 0 Å². The largest absolute Gasteiger partial charge is 0.370 e. The summed E-state index contributed by atoms with van der Waals surface area (Å²) in [5.74, 6) is 0.518. The number of amides is 1. The molecule has 1 aliphatic rings. The fourth-order valence-electron chi connectivity index (χ4n) is 2.74. The van der Waals surface area contributed by atoms with Crippen LogP contribution in [0.15, 0.2) is 12.1 Å². The van der Waals surface area contributed by atoms with Crippen molar-refractivity contribution in [2.24, 2.45) is 0 Å². The molecule has 2 N–H and O–H groups in total. The van der Waals surface area contributed by atoms with Crippen LogP contribution in [0.2, 0.25) is 5.02 Å². The first-order valence-corrected chi connectivity index (χ1v) is 8.15. The van der Waals surface area contributed by atoms with E-state index in [2.05, 4.69) is 29.5 Å². The van der Waals surface area contributed by atoms with Gasteiger partial charge in [0.15, 0.2) is 0 Å². The van der Waals surface area contributed by atoms with Crippen molar-refractivity contribution in [2.75, 3.05) is 11.9 Å². The minimum atomic E-state index is -0.176. The number of carbonyl (C=O) groups excluding carboxylic acids is 1. The molecule has 0 aromatic carbocycles. The van der Waals surface area contributed by atoms with Crippen LogP contribution >= 0.6 is 11.6 Å². The Balaban J connectivity index is 2.10. The molecule has 1 amide bonds. The maximum Gasteiger partial charge on any atom is 0.271 e. The molecule has 1 aromatic rings. The van der Waals surface area contributed by atoms with Gasteiger partial charge in [0.2, 0.25) is 0 Å². The van der Waals surface area contributed by atoms with Crippen LogP contribution in [0.5, 0.6) is 0 Å². The molecular weight excluding hydrogens is 286 g/mol. The molecule has 0 unspecified atom stereocenters. The maximum absolute atomic E-state index is 12.5. The van der Waals surface area contributed by atoms with E-state index in [1.54, 1.807) is 12.1 Å². The van der Waals surface area contributed by atoms with Crippen molar-refractivity contribution in [3.8, 4) is 0 Å². The van der Waals surface area contributed by atoms with E-state index >= 15 is 0 Å². The predicted octanol–water partition coefficient (Wildman–Crippen LogP) is 4.01. The molecule has 0 bridgehead atoms. The van der Waals surface area contributed by atoms with Crippen molar-refractivity contribution >= 4 is 23.3 Å². The number of nitrogens with one attached hydrogen (secondary N) is 2. The summed E-state index contributed by atoms with van der Waals surface area (Å²) in [4.78, 5) is 16.8. The topological polar surface area (TPSA) is 54.0 Å². The van der Waals surface area contributed by atoms with Crippen LogP contribution in [-0.4, -0.2) is 23.0 Å². The average Bonchev–Trinajstić information content (AvgIpc) is 2.46. The SMILES string of the molecule is CCCNc1ccc(Cl)c(C(=O)NC2(C)CCCCC2)n1. The first kappa shape index (κ1) is 16.1. The van der Waals surface area contributed by atoms with Crippen LogP contribution in [0.1, 0.15) is 62.9 Å². The molecule has 1 heterocycles. The van der Waals surface area contributed by atoms with Gasteiger partial charge in [-0.1, -0.05) is 37.8 Å². The number of carbonyl (C=O) groups is 1. The fourth-order valence-corrected chi connectivity index (χ4v) is 2.93. The Hall–Kier alpha value is -1.29. The molecule has 21 heavy (non-hydrogen) atoms. The van der Waals surface area contributed by atoms with Crippen molar-refractivity contribution in [1.82, 2.24) is 10.3 Å². The van der Waals surface area contributed by atoms with Gasteiger partial charge in [-0.15, -0.1) is 0 Å². The monoisotopic (exact) mass is 309 g/mol. The van der Waals surface area contributed by atoms with Crippen molar-refractivity contribution in [3.05, 3.63) is 22.8 Å². The Labute approximate surface area is 131 Å². The Morgan fingerprint density at radius 3 is 2.71 bits per heavy atom. The molecular formula is C16H24ClN3O. The second kappa shape index (κ2) is 7.12. The van der Waals surface area contributed by atoms with E-state index in [0.717, 1.165) is 38.6 Å². The number of pyridine rings is 1. The van der Waals surface area contributed by atoms with E-state index in [-0.39, 0.29) is 11.4 Å². The van der Waals surface area contributed by atoms with Crippen molar-refractivity contribution in [1.29, 1.82) is 0 Å². The lowest BCUT2D eigenvalue weighted by atomic mass is 9.83. The number of anilines is 1. The number of nitrogens with zero attached hydrogens (tertiary/aromatic N) is 1. The lowest BCUT2D eigenvalue weighted by Crippen LogP contribution is -2.47. The van der Waals surface area contributed by atoms with E-state index in [0.29, 0.717) is 16.5 Å². The van der Waals surface area contributed by atoms with E-state index in [4.69, 9.17) is 11.6 Å². The van der Waals surface area contributed by atoms with Crippen LogP contribution in [0.3, 0.4) is 0 Å². The number of hydrogen-bond donors (Lipinski definition) is 2. The molecule has 4 nitrogen and oxygen atoms in total. The number of aromatic nitrogens is 1. The number of hydrogen-bond acceptors (Lipinski definition) is 3. The number of rotatable bonds is 5. The highest BCUT2D eigenvalue weighted by Gasteiger charge is 2.29. The summed E-state index contributed by atoms with van der Waals surface area (Å²) in [6.07, 6.45) is 6.62. The van der Waals surface area contributed by atoms with Crippen LogP contribution < -0.4 is 10.6 Å². The summed E-state index contributed by atoms with van der Waals surface area (Å²) in [7, 11) is 0. The van der Waals surface area contributed by atoms with Gasteiger partial charge in [0.05, 0.1) is 5.02 Å². The molecule has 1 saturated carbocycles. The van der Waals surface area contributed by atoms with Gasteiger partial charge in [0, 0.05) is 12.1 Å². The highest BCUT2D eigenvalue weighted by molar-refractivity contribution is 6.33. The van der Waals surface area contributed by atoms with Crippen molar-refractivity contribution < 1.29 is 4.79 Å². The Morgan fingerprint density at radius 1 is 1.33 bits per heavy atom. The first-order chi connectivity index (χ1) is 10.0. The molecule has 0 atom stereocenters. The molecule has 0 spiro atoms. The van der Waals surface area contributed by atoms with Crippen LogP contribution in [0.25, 0.3) is 0 Å². The molecule has 1 fully saturated rings. The summed E-state index contributed by atoms with van der Waals surface area (Å²) in [5.41, 5.74) is 0.178. The van der Waals surface area contributed by atoms with Crippen LogP contribution in [0.4, 0.5) is 5.82 Å². The van der Waals surface area contributed by atoms with Gasteiger partial charge >= 0.3 is 0 Å². The first-order valence-electron chi connectivity index (χ1n) is 7.77. The third-order valence-electron chi connectivity index (χ3n) is 3.99. The minimum Gasteiger partial charge on any atom is -0.370 e. The zero-order valence-electron chi connectivity index (χ0n) is 12.8.